The predicted octanol–water partition coefficient (Wildman–Crippen LogP) is 8.30. The number of aliphatic hydroxyl groups is 1. The molecule has 2 aromatic carbocycles. The number of hydrogen-bond donors (Lipinski definition) is 5. The van der Waals surface area contributed by atoms with Gasteiger partial charge >= 0.3 is 12.2 Å². The lowest BCUT2D eigenvalue weighted by atomic mass is 10.0. The Kier molecular flexibility index (Phi) is 18.2. The summed E-state index contributed by atoms with van der Waals surface area (Å²) >= 11 is 0. The van der Waals surface area contributed by atoms with Crippen LogP contribution in [0.4, 0.5) is 21.0 Å². The second kappa shape index (κ2) is 22.3. The van der Waals surface area contributed by atoms with Crippen molar-refractivity contribution in [3.63, 3.8) is 0 Å². The minimum absolute atomic E-state index is 0.0560. The molecule has 0 bridgehead atoms. The summed E-state index contributed by atoms with van der Waals surface area (Å²) in [5.74, 6) is -1.25. The average molecular weight is 864 g/mol. The van der Waals surface area contributed by atoms with Crippen molar-refractivity contribution in [3.8, 4) is 11.5 Å². The number of nitrogens with one attached hydrogen (secondary N) is 3. The third kappa shape index (κ3) is 12.2. The van der Waals surface area contributed by atoms with Crippen LogP contribution in [0.3, 0.4) is 0 Å². The van der Waals surface area contributed by atoms with Crippen molar-refractivity contribution in [2.45, 2.75) is 117 Å². The van der Waals surface area contributed by atoms with Gasteiger partial charge in [-0.1, -0.05) is 85.8 Å². The molecule has 0 saturated heterocycles. The van der Waals surface area contributed by atoms with Crippen molar-refractivity contribution < 1.29 is 48.1 Å². The number of aliphatic hydroxyl groups excluding tert-OH is 1. The highest BCUT2D eigenvalue weighted by atomic mass is 28.4. The molecular formula is C45H65N5O10Si. The van der Waals surface area contributed by atoms with Gasteiger partial charge in [0, 0.05) is 24.5 Å². The number of carboxylic acid groups (broad SMARTS) is 1. The molecule has 5 amide bonds. The number of methoxy groups -OCH3 is 1. The van der Waals surface area contributed by atoms with Crippen molar-refractivity contribution >= 4 is 49.6 Å². The fourth-order valence-electron chi connectivity index (χ4n) is 8.02. The first-order valence-electron chi connectivity index (χ1n) is 20.7. The van der Waals surface area contributed by atoms with Gasteiger partial charge in [-0.3, -0.25) is 24.6 Å². The Balaban J connectivity index is 1.84. The zero-order valence-corrected chi connectivity index (χ0v) is 38.4. The summed E-state index contributed by atoms with van der Waals surface area (Å²) in [6, 6.07) is 7.15. The van der Waals surface area contributed by atoms with Crippen LogP contribution in [0, 0.1) is 5.92 Å². The van der Waals surface area contributed by atoms with Gasteiger partial charge in [-0.05, 0) is 72.1 Å². The summed E-state index contributed by atoms with van der Waals surface area (Å²) in [5, 5.41) is 27.9. The van der Waals surface area contributed by atoms with Gasteiger partial charge in [-0.25, -0.2) is 9.59 Å². The molecule has 3 rings (SSSR count). The van der Waals surface area contributed by atoms with Gasteiger partial charge < -0.3 is 39.6 Å². The highest BCUT2D eigenvalue weighted by Gasteiger charge is 2.47. The molecule has 0 spiro atoms. The van der Waals surface area contributed by atoms with Crippen LogP contribution in [0.25, 0.3) is 0 Å². The Labute approximate surface area is 361 Å². The molecule has 1 aliphatic rings. The van der Waals surface area contributed by atoms with E-state index in [1.807, 2.05) is 19.1 Å². The van der Waals surface area contributed by atoms with Gasteiger partial charge in [-0.15, -0.1) is 6.58 Å². The van der Waals surface area contributed by atoms with Crippen LogP contribution in [-0.2, 0) is 20.9 Å². The SMILES string of the molecule is C=CCN(C(=O)O)[C@H](C(=O)N[C@@H](C)C(=O)Nc1ccc(COC(=O)Nc2cc(O[Si](C(C)C)(C(C)C)C(C)C)c(OC)cc2C(=O)N2C=C(C=CC)C[C@H]2CO)cc1)C(C)C. The van der Waals surface area contributed by atoms with E-state index in [1.54, 1.807) is 56.4 Å². The van der Waals surface area contributed by atoms with E-state index in [0.717, 1.165) is 10.5 Å². The van der Waals surface area contributed by atoms with Crippen LogP contribution in [0.2, 0.25) is 16.6 Å². The number of carbonyl (C=O) groups is 5. The minimum atomic E-state index is -2.53. The van der Waals surface area contributed by atoms with Gasteiger partial charge in [0.1, 0.15) is 24.4 Å². The van der Waals surface area contributed by atoms with Crippen LogP contribution in [0.1, 0.15) is 91.6 Å². The van der Waals surface area contributed by atoms with Gasteiger partial charge in [0.25, 0.3) is 14.2 Å². The Hall–Kier alpha value is -5.61. The van der Waals surface area contributed by atoms with Gasteiger partial charge in [0.05, 0.1) is 31.0 Å². The molecule has 0 radical (unpaired) electrons. The Morgan fingerprint density at radius 3 is 2.07 bits per heavy atom. The lowest BCUT2D eigenvalue weighted by Gasteiger charge is -2.42. The Morgan fingerprint density at radius 1 is 0.934 bits per heavy atom. The molecular weight excluding hydrogens is 799 g/mol. The number of anilines is 2. The van der Waals surface area contributed by atoms with E-state index in [4.69, 9.17) is 13.9 Å². The number of ether oxygens (including phenoxy) is 2. The van der Waals surface area contributed by atoms with Crippen LogP contribution in [-0.4, -0.2) is 96.6 Å². The van der Waals surface area contributed by atoms with Crippen molar-refractivity contribution in [1.29, 1.82) is 0 Å². The van der Waals surface area contributed by atoms with Crippen LogP contribution < -0.4 is 25.1 Å². The summed E-state index contributed by atoms with van der Waals surface area (Å²) in [5.41, 5.74) is 2.78. The van der Waals surface area contributed by atoms with E-state index in [0.29, 0.717) is 29.2 Å². The maximum atomic E-state index is 14.3. The molecule has 334 valence electrons. The lowest BCUT2D eigenvalue weighted by molar-refractivity contribution is -0.130. The van der Waals surface area contributed by atoms with E-state index in [-0.39, 0.29) is 53.6 Å². The molecule has 16 heteroatoms. The number of allylic oxidation sites excluding steroid dienone is 2. The van der Waals surface area contributed by atoms with Gasteiger partial charge in [0.15, 0.2) is 5.75 Å². The highest BCUT2D eigenvalue weighted by Crippen LogP contribution is 2.46. The fourth-order valence-corrected chi connectivity index (χ4v) is 13.3. The number of amides is 5. The first-order valence-corrected chi connectivity index (χ1v) is 22.8. The molecule has 0 aliphatic carbocycles. The molecule has 1 heterocycles. The summed E-state index contributed by atoms with van der Waals surface area (Å²) in [6.45, 7) is 22.8. The normalized spacial score (nSPS) is 15.1. The first kappa shape index (κ1) is 49.7. The first-order chi connectivity index (χ1) is 28.7. The van der Waals surface area contributed by atoms with E-state index in [2.05, 4.69) is 64.1 Å². The third-order valence-electron chi connectivity index (χ3n) is 10.9. The highest BCUT2D eigenvalue weighted by molar-refractivity contribution is 6.78. The van der Waals surface area contributed by atoms with E-state index in [9.17, 15) is 34.2 Å². The maximum Gasteiger partial charge on any atom is 0.411 e. The number of rotatable bonds is 20. The molecule has 0 unspecified atom stereocenters. The summed E-state index contributed by atoms with van der Waals surface area (Å²) < 4.78 is 18.4. The average Bonchev–Trinajstić information content (AvgIpc) is 3.61. The van der Waals surface area contributed by atoms with Crippen LogP contribution in [0.15, 0.2) is 73.0 Å². The van der Waals surface area contributed by atoms with E-state index < -0.39 is 56.4 Å². The number of benzene rings is 2. The molecule has 0 aromatic heterocycles. The lowest BCUT2D eigenvalue weighted by Crippen LogP contribution is -2.55. The third-order valence-corrected chi connectivity index (χ3v) is 16.9. The minimum Gasteiger partial charge on any atom is -0.540 e. The second-order valence-electron chi connectivity index (χ2n) is 16.5. The van der Waals surface area contributed by atoms with Crippen molar-refractivity contribution in [2.75, 3.05) is 30.9 Å². The second-order valence-corrected chi connectivity index (χ2v) is 21.8. The number of hydrogen-bond acceptors (Lipinski definition) is 9. The molecule has 0 fully saturated rings. The molecule has 2 aromatic rings. The van der Waals surface area contributed by atoms with Crippen molar-refractivity contribution in [1.82, 2.24) is 15.1 Å². The topological polar surface area (TPSA) is 196 Å². The fraction of sp³-hybridized carbons (Fsp3) is 0.489. The quantitative estimate of drug-likeness (QED) is 0.0638. The Morgan fingerprint density at radius 2 is 1.56 bits per heavy atom. The standard InChI is InChI=1S/C45H65N5O10Si/c1-13-15-33-21-35(25-51)50(24-33)43(54)36-22-38(58-12)39(60-61(28(5)6,29(7)8)30(9)10)23-37(36)48-44(55)59-26-32-16-18-34(19-17-32)47-41(52)31(11)46-42(53)40(27(3)4)49(20-14-2)45(56)57/h13-19,22-24,27-31,35,40,51H,2,20-21,25-26H2,1,3-12H3,(H,46,53)(H,47,52)(H,48,55)(H,56,57)/t31-,35-,40-/m0/s1. The van der Waals surface area contributed by atoms with E-state index in [1.165, 1.54) is 25.0 Å². The largest absolute Gasteiger partial charge is 0.540 e. The molecule has 5 N–H and O–H groups in total. The molecule has 1 aliphatic heterocycles. The van der Waals surface area contributed by atoms with Crippen molar-refractivity contribution in [3.05, 3.63) is 84.1 Å². The number of carbonyl (C=O) groups excluding carboxylic acids is 4. The summed E-state index contributed by atoms with van der Waals surface area (Å²) in [4.78, 5) is 68.1. The number of nitrogens with zero attached hydrogens (tertiary/aromatic N) is 2. The smallest absolute Gasteiger partial charge is 0.411 e. The van der Waals surface area contributed by atoms with Crippen LogP contribution in [0.5, 0.6) is 11.5 Å². The van der Waals surface area contributed by atoms with Crippen LogP contribution >= 0.6 is 0 Å². The molecule has 3 atom stereocenters. The van der Waals surface area contributed by atoms with Crippen molar-refractivity contribution in [2.24, 2.45) is 5.92 Å². The van der Waals surface area contributed by atoms with Gasteiger partial charge in [0.2, 0.25) is 11.8 Å². The maximum absolute atomic E-state index is 14.3. The van der Waals surface area contributed by atoms with Gasteiger partial charge in [-0.2, -0.15) is 0 Å². The summed E-state index contributed by atoms with van der Waals surface area (Å²) in [7, 11) is -1.03. The van der Waals surface area contributed by atoms with E-state index >= 15 is 0 Å². The molecule has 61 heavy (non-hydrogen) atoms. The molecule has 15 nitrogen and oxygen atoms in total. The zero-order chi connectivity index (χ0) is 45.8. The zero-order valence-electron chi connectivity index (χ0n) is 37.4. The molecule has 0 saturated carbocycles. The summed E-state index contributed by atoms with van der Waals surface area (Å²) in [6.07, 6.45) is 5.17. The Bertz CT molecular complexity index is 1920. The monoisotopic (exact) mass is 863 g/mol. The predicted molar refractivity (Wildman–Crippen MR) is 239 cm³/mol.